The average molecular weight is 469 g/mol. The van der Waals surface area contributed by atoms with Crippen molar-refractivity contribution in [1.82, 2.24) is 9.97 Å². The normalized spacial score (nSPS) is 18.4. The molecule has 8 heteroatoms. The van der Waals surface area contributed by atoms with Crippen molar-refractivity contribution in [2.75, 3.05) is 41.8 Å². The maximum atomic E-state index is 12.5. The molecule has 0 bridgehead atoms. The van der Waals surface area contributed by atoms with Gasteiger partial charge in [-0.25, -0.2) is 9.97 Å². The van der Waals surface area contributed by atoms with E-state index in [9.17, 15) is 10.1 Å². The minimum absolute atomic E-state index is 0.00727. The van der Waals surface area contributed by atoms with Gasteiger partial charge in [0.1, 0.15) is 6.07 Å². The van der Waals surface area contributed by atoms with Crippen LogP contribution in [0.3, 0.4) is 0 Å². The topological polar surface area (TPSA) is 103 Å². The first-order chi connectivity index (χ1) is 16.9. The molecule has 178 valence electrons. The molecule has 2 heterocycles. The molecular formula is C27H28N6O2. The van der Waals surface area contributed by atoms with Crippen LogP contribution in [0, 0.1) is 22.7 Å². The van der Waals surface area contributed by atoms with Crippen molar-refractivity contribution in [3.05, 3.63) is 60.3 Å². The highest BCUT2D eigenvalue weighted by atomic mass is 16.5. The second-order valence-electron chi connectivity index (χ2n) is 9.64. The molecular weight excluding hydrogens is 440 g/mol. The molecule has 2 N–H and O–H groups in total. The maximum Gasteiger partial charge on any atom is 0.228 e. The molecule has 8 nitrogen and oxygen atoms in total. The highest BCUT2D eigenvalue weighted by molar-refractivity contribution is 5.96. The van der Waals surface area contributed by atoms with E-state index >= 15 is 0 Å². The number of nitrogens with one attached hydrogen (secondary N) is 2. The number of nitriles is 1. The van der Waals surface area contributed by atoms with Gasteiger partial charge in [0, 0.05) is 42.1 Å². The summed E-state index contributed by atoms with van der Waals surface area (Å²) in [6, 6.07) is 17.5. The molecule has 2 aromatic carbocycles. The number of benzene rings is 2. The molecule has 0 radical (unpaired) electrons. The Morgan fingerprint density at radius 3 is 2.57 bits per heavy atom. The first kappa shape index (κ1) is 22.8. The van der Waals surface area contributed by atoms with E-state index in [-0.39, 0.29) is 17.2 Å². The molecule has 5 rings (SSSR count). The third-order valence-electron chi connectivity index (χ3n) is 6.68. The van der Waals surface area contributed by atoms with Crippen molar-refractivity contribution in [3.8, 4) is 17.3 Å². The molecule has 1 unspecified atom stereocenters. The molecule has 2 fully saturated rings. The van der Waals surface area contributed by atoms with Gasteiger partial charge in [-0.2, -0.15) is 5.26 Å². The standard InChI is InChI=1S/C27H28N6O2/c1-27(2)16-22(27)25(34)31-23-8-3-18(15-19(23)17-28)24-9-10-29-26(32-24)30-20-4-6-21(7-5-20)33-11-13-35-14-12-33/h3-10,15,22H,11-14,16H2,1-2H3,(H,31,34)(H,29,30,32). The highest BCUT2D eigenvalue weighted by Crippen LogP contribution is 2.52. The Balaban J connectivity index is 1.29. The van der Waals surface area contributed by atoms with Crippen LogP contribution in [0.2, 0.25) is 0 Å². The van der Waals surface area contributed by atoms with Crippen LogP contribution in [-0.4, -0.2) is 42.2 Å². The van der Waals surface area contributed by atoms with Gasteiger partial charge in [0.2, 0.25) is 11.9 Å². The van der Waals surface area contributed by atoms with Gasteiger partial charge in [0.15, 0.2) is 0 Å². The molecule has 3 aromatic rings. The average Bonchev–Trinajstić information content (AvgIpc) is 3.53. The molecule has 35 heavy (non-hydrogen) atoms. The summed E-state index contributed by atoms with van der Waals surface area (Å²) in [6.07, 6.45) is 2.55. The van der Waals surface area contributed by atoms with Crippen LogP contribution < -0.4 is 15.5 Å². The minimum atomic E-state index is -0.0348. The number of morpholine rings is 1. The minimum Gasteiger partial charge on any atom is -0.378 e. The number of hydrogen-bond acceptors (Lipinski definition) is 7. The van der Waals surface area contributed by atoms with Gasteiger partial charge in [-0.3, -0.25) is 4.79 Å². The van der Waals surface area contributed by atoms with Crippen LogP contribution >= 0.6 is 0 Å². The third-order valence-corrected chi connectivity index (χ3v) is 6.68. The van der Waals surface area contributed by atoms with E-state index in [0.29, 0.717) is 22.9 Å². The summed E-state index contributed by atoms with van der Waals surface area (Å²) in [5.74, 6) is 0.424. The van der Waals surface area contributed by atoms with Crippen molar-refractivity contribution in [2.24, 2.45) is 11.3 Å². The summed E-state index contributed by atoms with van der Waals surface area (Å²) in [7, 11) is 0. The molecule has 1 atom stereocenters. The first-order valence-electron chi connectivity index (χ1n) is 11.8. The Labute approximate surface area is 205 Å². The summed E-state index contributed by atoms with van der Waals surface area (Å²) < 4.78 is 5.42. The Kier molecular flexibility index (Phi) is 6.10. The van der Waals surface area contributed by atoms with Crippen molar-refractivity contribution in [3.63, 3.8) is 0 Å². The summed E-state index contributed by atoms with van der Waals surface area (Å²) in [5, 5.41) is 15.8. The van der Waals surface area contributed by atoms with Gasteiger partial charge < -0.3 is 20.3 Å². The smallest absolute Gasteiger partial charge is 0.228 e. The van der Waals surface area contributed by atoms with Crippen LogP contribution in [0.25, 0.3) is 11.3 Å². The lowest BCUT2D eigenvalue weighted by atomic mass is 10.1. The number of rotatable bonds is 6. The van der Waals surface area contributed by atoms with Gasteiger partial charge in [-0.1, -0.05) is 19.9 Å². The lowest BCUT2D eigenvalue weighted by Crippen LogP contribution is -2.36. The fraction of sp³-hybridized carbons (Fsp3) is 0.333. The summed E-state index contributed by atoms with van der Waals surface area (Å²) in [6.45, 7) is 7.43. The number of anilines is 4. The van der Waals surface area contributed by atoms with Crippen molar-refractivity contribution in [1.29, 1.82) is 5.26 Å². The molecule has 1 saturated carbocycles. The number of aromatic nitrogens is 2. The van der Waals surface area contributed by atoms with E-state index in [1.165, 1.54) is 0 Å². The Bertz CT molecular complexity index is 1280. The maximum absolute atomic E-state index is 12.5. The second kappa shape index (κ2) is 9.35. The predicted molar refractivity (Wildman–Crippen MR) is 135 cm³/mol. The molecule has 2 aliphatic rings. The van der Waals surface area contributed by atoms with E-state index in [0.717, 1.165) is 49.7 Å². The van der Waals surface area contributed by atoms with Gasteiger partial charge in [-0.15, -0.1) is 0 Å². The molecule has 1 aliphatic carbocycles. The molecule has 0 spiro atoms. The van der Waals surface area contributed by atoms with Crippen LogP contribution in [0.4, 0.5) is 23.0 Å². The predicted octanol–water partition coefficient (Wildman–Crippen LogP) is 4.58. The molecule has 1 saturated heterocycles. The lowest BCUT2D eigenvalue weighted by molar-refractivity contribution is -0.118. The van der Waals surface area contributed by atoms with Gasteiger partial charge in [0.25, 0.3) is 0 Å². The molecule has 1 amide bonds. The van der Waals surface area contributed by atoms with Crippen LogP contribution in [0.1, 0.15) is 25.8 Å². The van der Waals surface area contributed by atoms with Crippen LogP contribution in [0.5, 0.6) is 0 Å². The van der Waals surface area contributed by atoms with E-state index < -0.39 is 0 Å². The lowest BCUT2D eigenvalue weighted by Gasteiger charge is -2.28. The zero-order valence-electron chi connectivity index (χ0n) is 19.9. The van der Waals surface area contributed by atoms with Gasteiger partial charge in [-0.05, 0) is 54.3 Å². The number of ether oxygens (including phenoxy) is 1. The first-order valence-corrected chi connectivity index (χ1v) is 11.8. The number of nitrogens with zero attached hydrogens (tertiary/aromatic N) is 4. The number of carbonyl (C=O) groups is 1. The summed E-state index contributed by atoms with van der Waals surface area (Å²) in [5.41, 5.74) is 4.47. The molecule has 1 aliphatic heterocycles. The van der Waals surface area contributed by atoms with Gasteiger partial charge in [0.05, 0.1) is 30.2 Å². The fourth-order valence-electron chi connectivity index (χ4n) is 4.33. The number of hydrogen-bond donors (Lipinski definition) is 2. The molecule has 1 aromatic heterocycles. The monoisotopic (exact) mass is 468 g/mol. The zero-order valence-corrected chi connectivity index (χ0v) is 19.9. The van der Waals surface area contributed by atoms with Crippen molar-refractivity contribution in [2.45, 2.75) is 20.3 Å². The quantitative estimate of drug-likeness (QED) is 0.546. The highest BCUT2D eigenvalue weighted by Gasteiger charge is 2.50. The number of carbonyl (C=O) groups excluding carboxylic acids is 1. The Morgan fingerprint density at radius 2 is 1.89 bits per heavy atom. The Hall–Kier alpha value is -3.96. The van der Waals surface area contributed by atoms with Crippen molar-refractivity contribution < 1.29 is 9.53 Å². The second-order valence-corrected chi connectivity index (χ2v) is 9.64. The van der Waals surface area contributed by atoms with E-state index in [2.05, 4.69) is 57.6 Å². The zero-order chi connectivity index (χ0) is 24.4. The van der Waals surface area contributed by atoms with Crippen molar-refractivity contribution >= 4 is 28.9 Å². The Morgan fingerprint density at radius 1 is 1.14 bits per heavy atom. The SMILES string of the molecule is CC1(C)CC1C(=O)Nc1ccc(-c2ccnc(Nc3ccc(N4CCOCC4)cc3)n2)cc1C#N. The fourth-order valence-corrected chi connectivity index (χ4v) is 4.33. The van der Waals surface area contributed by atoms with Gasteiger partial charge >= 0.3 is 0 Å². The third kappa shape index (κ3) is 5.10. The summed E-state index contributed by atoms with van der Waals surface area (Å²) in [4.78, 5) is 23.8. The van der Waals surface area contributed by atoms with E-state index in [4.69, 9.17) is 4.74 Å². The number of amides is 1. The van der Waals surface area contributed by atoms with E-state index in [1.54, 1.807) is 24.4 Å². The summed E-state index contributed by atoms with van der Waals surface area (Å²) >= 11 is 0. The van der Waals surface area contributed by atoms with Crippen LogP contribution in [-0.2, 0) is 9.53 Å². The largest absolute Gasteiger partial charge is 0.378 e. The van der Waals surface area contributed by atoms with Crippen LogP contribution in [0.15, 0.2) is 54.7 Å². The van der Waals surface area contributed by atoms with E-state index in [1.807, 2.05) is 18.2 Å².